The Morgan fingerprint density at radius 1 is 0.977 bits per heavy atom. The molecule has 0 radical (unpaired) electrons. The second-order valence-corrected chi connectivity index (χ2v) is 12.1. The van der Waals surface area contributed by atoms with Crippen LogP contribution in [0.4, 0.5) is 5.82 Å². The molecule has 9 heterocycles. The van der Waals surface area contributed by atoms with Crippen LogP contribution in [0.15, 0.2) is 55.1 Å². The van der Waals surface area contributed by atoms with Gasteiger partial charge in [0.2, 0.25) is 5.88 Å². The van der Waals surface area contributed by atoms with Crippen molar-refractivity contribution in [2.24, 2.45) is 0 Å². The van der Waals surface area contributed by atoms with Gasteiger partial charge in [-0.2, -0.15) is 10.4 Å². The first-order valence-corrected chi connectivity index (χ1v) is 15.1. The first kappa shape index (κ1) is 26.4. The fourth-order valence-electron chi connectivity index (χ4n) is 7.38. The summed E-state index contributed by atoms with van der Waals surface area (Å²) >= 11 is 0. The molecule has 0 spiro atoms. The summed E-state index contributed by atoms with van der Waals surface area (Å²) in [6.45, 7) is 6.48. The number of ether oxygens (including phenoxy) is 2. The summed E-state index contributed by atoms with van der Waals surface area (Å²) < 4.78 is 13.2. The molecular weight excluding hydrogens is 542 g/mol. The third-order valence-corrected chi connectivity index (χ3v) is 9.67. The Labute approximate surface area is 250 Å². The van der Waals surface area contributed by atoms with E-state index in [2.05, 4.69) is 54.4 Å². The van der Waals surface area contributed by atoms with Crippen molar-refractivity contribution in [2.75, 3.05) is 51.3 Å². The zero-order valence-electron chi connectivity index (χ0n) is 24.3. The molecule has 0 amide bonds. The van der Waals surface area contributed by atoms with Crippen molar-refractivity contribution in [1.29, 1.82) is 5.26 Å². The second-order valence-electron chi connectivity index (χ2n) is 12.1. The Morgan fingerprint density at radius 3 is 2.51 bits per heavy atom. The highest BCUT2D eigenvalue weighted by Gasteiger charge is 2.44. The standard InChI is InChI=1S/C32H35N9O2/c1-42-31-5-2-21(12-36-31)17-40-26-9-27(40)19-38(18-26)30-4-3-22(13-35-30)29-10-28(20-41-32(29)23(11-33)14-37-41)43-7-6-39-24-8-25(39)16-34-15-24/h2-5,10,12-14,20,24-27,34H,6-9,15-19H2,1H3. The van der Waals surface area contributed by atoms with Gasteiger partial charge in [-0.05, 0) is 36.6 Å². The van der Waals surface area contributed by atoms with E-state index < -0.39 is 0 Å². The lowest BCUT2D eigenvalue weighted by atomic mass is 9.87. The number of hydrogen-bond donors (Lipinski definition) is 1. The molecule has 11 heteroatoms. The largest absolute Gasteiger partial charge is 0.491 e. The average molecular weight is 578 g/mol. The van der Waals surface area contributed by atoms with E-state index in [1.165, 1.54) is 18.4 Å². The molecular formula is C32H35N9O2. The van der Waals surface area contributed by atoms with E-state index >= 15 is 0 Å². The van der Waals surface area contributed by atoms with Crippen LogP contribution in [0.1, 0.15) is 24.0 Å². The van der Waals surface area contributed by atoms with Crippen LogP contribution in [-0.4, -0.2) is 100.0 Å². The fraction of sp³-hybridized carbons (Fsp3) is 0.438. The van der Waals surface area contributed by atoms with E-state index in [0.29, 0.717) is 42.2 Å². The van der Waals surface area contributed by atoms with Gasteiger partial charge >= 0.3 is 0 Å². The molecule has 4 unspecified atom stereocenters. The maximum Gasteiger partial charge on any atom is 0.212 e. The molecule has 4 aromatic heterocycles. The summed E-state index contributed by atoms with van der Waals surface area (Å²) in [6, 6.07) is 14.8. The van der Waals surface area contributed by atoms with Crippen molar-refractivity contribution < 1.29 is 9.47 Å². The van der Waals surface area contributed by atoms with Gasteiger partial charge in [0, 0.05) is 93.0 Å². The number of aromatic nitrogens is 4. The third-order valence-electron chi connectivity index (χ3n) is 9.67. The fourth-order valence-corrected chi connectivity index (χ4v) is 7.38. The summed E-state index contributed by atoms with van der Waals surface area (Å²) in [5.41, 5.74) is 4.36. The minimum absolute atomic E-state index is 0.507. The lowest BCUT2D eigenvalue weighted by Crippen LogP contribution is -2.68. The SMILES string of the molecule is COc1ccc(CN2C3CC2CN(c2ccc(-c4cc(OCCN5C6CNCC5C6)cn5ncc(C#N)c45)cn2)C3)cn1. The van der Waals surface area contributed by atoms with Gasteiger partial charge in [0.25, 0.3) is 0 Å². The highest BCUT2D eigenvalue weighted by Crippen LogP contribution is 2.37. The van der Waals surface area contributed by atoms with Crippen molar-refractivity contribution in [2.45, 2.75) is 43.6 Å². The van der Waals surface area contributed by atoms with Crippen molar-refractivity contribution in [3.63, 3.8) is 0 Å². The number of fused-ring (bicyclic) bond motifs is 5. The lowest BCUT2D eigenvalue weighted by Gasteiger charge is -2.56. The second kappa shape index (κ2) is 10.8. The molecule has 43 heavy (non-hydrogen) atoms. The molecule has 4 atom stereocenters. The number of methoxy groups -OCH3 is 1. The molecule has 5 saturated heterocycles. The summed E-state index contributed by atoms with van der Waals surface area (Å²) in [6.07, 6.45) is 9.82. The van der Waals surface area contributed by atoms with Crippen LogP contribution in [0.3, 0.4) is 0 Å². The third kappa shape index (κ3) is 4.76. The molecule has 5 fully saturated rings. The first-order valence-electron chi connectivity index (χ1n) is 15.1. The quantitative estimate of drug-likeness (QED) is 0.319. The molecule has 0 aromatic carbocycles. The summed E-state index contributed by atoms with van der Waals surface area (Å²) in [5, 5.41) is 17.7. The van der Waals surface area contributed by atoms with E-state index in [4.69, 9.17) is 14.5 Å². The topological polar surface area (TPSA) is 107 Å². The Balaban J connectivity index is 0.963. The molecule has 0 aliphatic carbocycles. The Kier molecular flexibility index (Phi) is 6.62. The molecule has 5 aliphatic heterocycles. The number of hydrogen-bond acceptors (Lipinski definition) is 10. The molecule has 1 N–H and O–H groups in total. The van der Waals surface area contributed by atoms with E-state index in [0.717, 1.165) is 67.5 Å². The highest BCUT2D eigenvalue weighted by atomic mass is 16.5. The molecule has 4 aromatic rings. The molecule has 0 saturated carbocycles. The van der Waals surface area contributed by atoms with Gasteiger partial charge < -0.3 is 19.7 Å². The van der Waals surface area contributed by atoms with Gasteiger partial charge in [0.05, 0.1) is 30.6 Å². The van der Waals surface area contributed by atoms with Crippen LogP contribution < -0.4 is 19.7 Å². The van der Waals surface area contributed by atoms with Gasteiger partial charge in [-0.3, -0.25) is 9.80 Å². The molecule has 220 valence electrons. The monoisotopic (exact) mass is 577 g/mol. The van der Waals surface area contributed by atoms with Crippen molar-refractivity contribution in [3.05, 3.63) is 66.2 Å². The predicted molar refractivity (Wildman–Crippen MR) is 161 cm³/mol. The highest BCUT2D eigenvalue weighted by molar-refractivity contribution is 5.85. The number of piperidine rings is 2. The van der Waals surface area contributed by atoms with E-state index in [1.807, 2.05) is 30.7 Å². The number of pyridine rings is 3. The number of anilines is 1. The molecule has 4 bridgehead atoms. The van der Waals surface area contributed by atoms with E-state index in [1.54, 1.807) is 17.8 Å². The first-order chi connectivity index (χ1) is 21.2. The van der Waals surface area contributed by atoms with Crippen LogP contribution >= 0.6 is 0 Å². The van der Waals surface area contributed by atoms with Crippen LogP contribution in [0.2, 0.25) is 0 Å². The summed E-state index contributed by atoms with van der Waals surface area (Å²) in [4.78, 5) is 16.8. The van der Waals surface area contributed by atoms with E-state index in [9.17, 15) is 5.26 Å². The van der Waals surface area contributed by atoms with Gasteiger partial charge in [-0.1, -0.05) is 6.07 Å². The van der Waals surface area contributed by atoms with Crippen LogP contribution in [0.5, 0.6) is 11.6 Å². The number of rotatable bonds is 9. The zero-order valence-corrected chi connectivity index (χ0v) is 24.3. The van der Waals surface area contributed by atoms with Crippen LogP contribution in [0, 0.1) is 11.3 Å². The van der Waals surface area contributed by atoms with E-state index in [-0.39, 0.29) is 0 Å². The predicted octanol–water partition coefficient (Wildman–Crippen LogP) is 2.56. The maximum absolute atomic E-state index is 9.78. The Hall–Kier alpha value is -4.24. The number of piperazine rings is 2. The molecule has 5 aliphatic rings. The van der Waals surface area contributed by atoms with Gasteiger partial charge in [0.1, 0.15) is 24.2 Å². The maximum atomic E-state index is 9.78. The Bertz CT molecular complexity index is 1640. The zero-order chi connectivity index (χ0) is 28.9. The average Bonchev–Trinajstić information content (AvgIpc) is 3.49. The molecule has 9 rings (SSSR count). The van der Waals surface area contributed by atoms with Gasteiger partial charge in [-0.15, -0.1) is 0 Å². The lowest BCUT2D eigenvalue weighted by molar-refractivity contribution is -0.0212. The smallest absolute Gasteiger partial charge is 0.212 e. The van der Waals surface area contributed by atoms with Gasteiger partial charge in [-0.25, -0.2) is 14.5 Å². The molecule has 11 nitrogen and oxygen atoms in total. The normalized spacial score (nSPS) is 24.7. The van der Waals surface area contributed by atoms with Crippen LogP contribution in [-0.2, 0) is 6.54 Å². The summed E-state index contributed by atoms with van der Waals surface area (Å²) in [7, 11) is 1.64. The number of nitrogens with zero attached hydrogens (tertiary/aromatic N) is 8. The number of nitriles is 1. The van der Waals surface area contributed by atoms with Crippen LogP contribution in [0.25, 0.3) is 16.6 Å². The van der Waals surface area contributed by atoms with Gasteiger partial charge in [0.15, 0.2) is 0 Å². The Morgan fingerprint density at radius 2 is 1.81 bits per heavy atom. The number of nitrogens with one attached hydrogen (secondary N) is 1. The van der Waals surface area contributed by atoms with Crippen molar-refractivity contribution in [3.8, 4) is 28.8 Å². The van der Waals surface area contributed by atoms with Crippen molar-refractivity contribution >= 4 is 11.3 Å². The minimum Gasteiger partial charge on any atom is -0.491 e. The minimum atomic E-state index is 0.507. The summed E-state index contributed by atoms with van der Waals surface area (Å²) in [5.74, 6) is 2.37. The van der Waals surface area contributed by atoms with Crippen molar-refractivity contribution in [1.82, 2.24) is 34.7 Å².